The second-order valence-corrected chi connectivity index (χ2v) is 9.16. The Morgan fingerprint density at radius 3 is 2.10 bits per heavy atom. The van der Waals surface area contributed by atoms with E-state index in [-0.39, 0.29) is 10.8 Å². The third kappa shape index (κ3) is 8.41. The van der Waals surface area contributed by atoms with Crippen LogP contribution in [0, 0.1) is 6.92 Å². The average Bonchev–Trinajstić information content (AvgIpc) is 2.73. The summed E-state index contributed by atoms with van der Waals surface area (Å²) >= 11 is 0. The van der Waals surface area contributed by atoms with Crippen molar-refractivity contribution in [2.45, 2.75) is 57.3 Å². The Bertz CT molecular complexity index is 955. The van der Waals surface area contributed by atoms with E-state index in [0.29, 0.717) is 17.8 Å². The Balaban J connectivity index is 1.80. The molecule has 0 saturated heterocycles. The molecule has 3 N–H and O–H groups in total. The third-order valence-corrected chi connectivity index (χ3v) is 6.13. The summed E-state index contributed by atoms with van der Waals surface area (Å²) in [4.78, 5) is 24.3. The molecular weight excluding hydrogens is 414 g/mol. The summed E-state index contributed by atoms with van der Waals surface area (Å²) in [6.07, 6.45) is 6.94. The number of carbonyl (C=O) groups excluding carboxylic acids is 2. The Morgan fingerprint density at radius 2 is 1.45 bits per heavy atom. The summed E-state index contributed by atoms with van der Waals surface area (Å²) in [6.45, 7) is 4.65. The minimum Gasteiger partial charge on any atom is -0.352 e. The van der Waals surface area contributed by atoms with Crippen molar-refractivity contribution in [3.63, 3.8) is 0 Å². The molecule has 0 bridgehead atoms. The molecule has 2 aromatic carbocycles. The fourth-order valence-corrected chi connectivity index (χ4v) is 3.88. The van der Waals surface area contributed by atoms with E-state index < -0.39 is 16.1 Å². The number of rotatable bonds is 11. The average molecular weight is 446 g/mol. The molecule has 0 aliphatic rings. The van der Waals surface area contributed by atoms with Crippen molar-refractivity contribution in [2.75, 3.05) is 11.9 Å². The largest absolute Gasteiger partial charge is 0.352 e. The second kappa shape index (κ2) is 12.1. The molecule has 0 radical (unpaired) electrons. The molecule has 0 heterocycles. The molecule has 0 atom stereocenters. The number of carbonyl (C=O) groups is 2. The highest BCUT2D eigenvalue weighted by Gasteiger charge is 2.17. The zero-order valence-corrected chi connectivity index (χ0v) is 18.9. The van der Waals surface area contributed by atoms with E-state index in [1.54, 1.807) is 36.4 Å². The fourth-order valence-electron chi connectivity index (χ4n) is 2.97. The first-order chi connectivity index (χ1) is 14.8. The predicted octanol–water partition coefficient (Wildman–Crippen LogP) is 4.60. The van der Waals surface area contributed by atoms with Crippen LogP contribution in [0.25, 0.3) is 0 Å². The van der Waals surface area contributed by atoms with Crippen LogP contribution in [0.2, 0.25) is 0 Å². The quantitative estimate of drug-likeness (QED) is 0.440. The third-order valence-electron chi connectivity index (χ3n) is 4.78. The van der Waals surface area contributed by atoms with Crippen LogP contribution in [0.5, 0.6) is 0 Å². The van der Waals surface area contributed by atoms with E-state index in [9.17, 15) is 18.0 Å². The van der Waals surface area contributed by atoms with Crippen LogP contribution in [0.1, 0.15) is 61.4 Å². The molecule has 3 amide bonds. The summed E-state index contributed by atoms with van der Waals surface area (Å²) in [6, 6.07) is 11.6. The van der Waals surface area contributed by atoms with Crippen LogP contribution in [0.4, 0.5) is 10.5 Å². The second-order valence-electron chi connectivity index (χ2n) is 7.47. The lowest BCUT2D eigenvalue weighted by Crippen LogP contribution is -2.34. The summed E-state index contributed by atoms with van der Waals surface area (Å²) in [7, 11) is -3.96. The van der Waals surface area contributed by atoms with Crippen molar-refractivity contribution in [3.8, 4) is 0 Å². The number of anilines is 1. The molecule has 0 aliphatic carbocycles. The van der Waals surface area contributed by atoms with Crippen LogP contribution in [-0.4, -0.2) is 26.9 Å². The molecule has 0 unspecified atom stereocenters. The Hall–Kier alpha value is -2.87. The summed E-state index contributed by atoms with van der Waals surface area (Å²) < 4.78 is 26.5. The van der Waals surface area contributed by atoms with Crippen molar-refractivity contribution < 1.29 is 18.0 Å². The standard InChI is InChI=1S/C23H31N3O4S/c1-3-4-5-6-7-8-17-24-22(27)19-11-13-20(14-12-19)25-23(28)26-31(29,30)21-15-9-18(2)10-16-21/h9-16H,3-8,17H2,1-2H3,(H,24,27)(H2,25,26,28). The van der Waals surface area contributed by atoms with Gasteiger partial charge in [0, 0.05) is 17.8 Å². The van der Waals surface area contributed by atoms with Gasteiger partial charge in [-0.2, -0.15) is 0 Å². The van der Waals surface area contributed by atoms with E-state index in [4.69, 9.17) is 0 Å². The SMILES string of the molecule is CCCCCCCCNC(=O)c1ccc(NC(=O)NS(=O)(=O)c2ccc(C)cc2)cc1. The first kappa shape index (κ1) is 24.4. The Labute approximate surface area is 184 Å². The molecule has 7 nitrogen and oxygen atoms in total. The number of unbranched alkanes of at least 4 members (excludes halogenated alkanes) is 5. The van der Waals surface area contributed by atoms with Crippen LogP contribution in [0.3, 0.4) is 0 Å². The van der Waals surface area contributed by atoms with E-state index in [1.165, 1.54) is 37.8 Å². The van der Waals surface area contributed by atoms with Gasteiger partial charge in [-0.05, 0) is 49.7 Å². The van der Waals surface area contributed by atoms with Crippen molar-refractivity contribution in [1.29, 1.82) is 0 Å². The molecule has 0 spiro atoms. The molecule has 31 heavy (non-hydrogen) atoms. The van der Waals surface area contributed by atoms with Gasteiger partial charge in [-0.3, -0.25) is 4.79 Å². The molecule has 0 aliphatic heterocycles. The van der Waals surface area contributed by atoms with Gasteiger partial charge in [-0.15, -0.1) is 0 Å². The van der Waals surface area contributed by atoms with Gasteiger partial charge in [-0.25, -0.2) is 17.9 Å². The number of amides is 3. The molecule has 0 saturated carbocycles. The molecular formula is C23H31N3O4S. The zero-order chi connectivity index (χ0) is 22.7. The normalized spacial score (nSPS) is 11.0. The number of sulfonamides is 1. The highest BCUT2D eigenvalue weighted by Crippen LogP contribution is 2.12. The molecule has 168 valence electrons. The van der Waals surface area contributed by atoms with Crippen molar-refractivity contribution in [1.82, 2.24) is 10.0 Å². The molecule has 2 aromatic rings. The monoisotopic (exact) mass is 445 g/mol. The van der Waals surface area contributed by atoms with Gasteiger partial charge in [-0.1, -0.05) is 56.7 Å². The maximum atomic E-state index is 12.3. The maximum absolute atomic E-state index is 12.3. The highest BCUT2D eigenvalue weighted by molar-refractivity contribution is 7.90. The highest BCUT2D eigenvalue weighted by atomic mass is 32.2. The van der Waals surface area contributed by atoms with E-state index in [1.807, 2.05) is 11.6 Å². The van der Waals surface area contributed by atoms with E-state index >= 15 is 0 Å². The summed E-state index contributed by atoms with van der Waals surface area (Å²) in [5.74, 6) is -0.175. The van der Waals surface area contributed by atoms with Crippen LogP contribution in [0.15, 0.2) is 53.4 Å². The number of urea groups is 1. The van der Waals surface area contributed by atoms with Crippen LogP contribution in [-0.2, 0) is 10.0 Å². The van der Waals surface area contributed by atoms with E-state index in [2.05, 4.69) is 17.6 Å². The molecule has 0 aromatic heterocycles. The van der Waals surface area contributed by atoms with Gasteiger partial charge in [0.25, 0.3) is 15.9 Å². The van der Waals surface area contributed by atoms with Gasteiger partial charge >= 0.3 is 6.03 Å². The maximum Gasteiger partial charge on any atom is 0.333 e. The van der Waals surface area contributed by atoms with Gasteiger partial charge in [0.1, 0.15) is 0 Å². The van der Waals surface area contributed by atoms with Crippen LogP contribution >= 0.6 is 0 Å². The van der Waals surface area contributed by atoms with Gasteiger partial charge in [0.05, 0.1) is 4.90 Å². The van der Waals surface area contributed by atoms with Gasteiger partial charge in [0.15, 0.2) is 0 Å². The van der Waals surface area contributed by atoms with Crippen molar-refractivity contribution in [3.05, 3.63) is 59.7 Å². The lowest BCUT2D eigenvalue weighted by Gasteiger charge is -2.10. The van der Waals surface area contributed by atoms with Gasteiger partial charge < -0.3 is 10.6 Å². The first-order valence-electron chi connectivity index (χ1n) is 10.6. The molecule has 2 rings (SSSR count). The summed E-state index contributed by atoms with van der Waals surface area (Å²) in [5.41, 5.74) is 1.77. The van der Waals surface area contributed by atoms with Crippen molar-refractivity contribution in [2.24, 2.45) is 0 Å². The molecule has 0 fully saturated rings. The minimum atomic E-state index is -3.96. The first-order valence-corrected chi connectivity index (χ1v) is 12.1. The topological polar surface area (TPSA) is 104 Å². The van der Waals surface area contributed by atoms with Crippen molar-refractivity contribution >= 4 is 27.6 Å². The number of hydrogen-bond acceptors (Lipinski definition) is 4. The lowest BCUT2D eigenvalue weighted by molar-refractivity contribution is 0.0953. The zero-order valence-electron chi connectivity index (χ0n) is 18.1. The number of nitrogens with one attached hydrogen (secondary N) is 3. The lowest BCUT2D eigenvalue weighted by atomic mass is 10.1. The fraction of sp³-hybridized carbons (Fsp3) is 0.391. The van der Waals surface area contributed by atoms with Gasteiger partial charge in [0.2, 0.25) is 0 Å². The minimum absolute atomic E-state index is 0.00522. The predicted molar refractivity (Wildman–Crippen MR) is 123 cm³/mol. The Kier molecular flexibility index (Phi) is 9.52. The number of aryl methyl sites for hydroxylation is 1. The molecule has 8 heteroatoms. The van der Waals surface area contributed by atoms with Crippen LogP contribution < -0.4 is 15.4 Å². The Morgan fingerprint density at radius 1 is 0.839 bits per heavy atom. The van der Waals surface area contributed by atoms with E-state index in [0.717, 1.165) is 18.4 Å². The smallest absolute Gasteiger partial charge is 0.333 e. The summed E-state index contributed by atoms with van der Waals surface area (Å²) in [5, 5.41) is 5.35. The number of benzene rings is 2. The number of hydrogen-bond donors (Lipinski definition) is 3.